The highest BCUT2D eigenvalue weighted by molar-refractivity contribution is 5.90. The van der Waals surface area contributed by atoms with Crippen LogP contribution in [0, 0.1) is 11.7 Å². The molecule has 7 nitrogen and oxygen atoms in total. The summed E-state index contributed by atoms with van der Waals surface area (Å²) in [5, 5.41) is 18.6. The van der Waals surface area contributed by atoms with Crippen LogP contribution in [0.4, 0.5) is 14.9 Å². The second-order valence-electron chi connectivity index (χ2n) is 7.54. The first-order chi connectivity index (χ1) is 12.9. The van der Waals surface area contributed by atoms with Gasteiger partial charge in [-0.2, -0.15) is 0 Å². The van der Waals surface area contributed by atoms with Crippen molar-refractivity contribution in [1.82, 2.24) is 4.90 Å². The molecule has 4 rings (SSSR count). The van der Waals surface area contributed by atoms with Crippen molar-refractivity contribution in [2.24, 2.45) is 5.92 Å². The van der Waals surface area contributed by atoms with E-state index in [9.17, 15) is 23.9 Å². The summed E-state index contributed by atoms with van der Waals surface area (Å²) in [5.41, 5.74) is 0.931. The summed E-state index contributed by atoms with van der Waals surface area (Å²) in [6.45, 7) is 0. The van der Waals surface area contributed by atoms with Gasteiger partial charge in [-0.3, -0.25) is 14.5 Å². The van der Waals surface area contributed by atoms with Crippen LogP contribution in [0.5, 0.6) is 0 Å². The minimum absolute atomic E-state index is 0.0477. The van der Waals surface area contributed by atoms with E-state index >= 15 is 0 Å². The smallest absolute Gasteiger partial charge is 0.412 e. The molecule has 3 unspecified atom stereocenters. The summed E-state index contributed by atoms with van der Waals surface area (Å²) in [5.74, 6) is -1.82. The summed E-state index contributed by atoms with van der Waals surface area (Å²) in [7, 11) is 0. The fraction of sp³-hybridized carbons (Fsp3) is 0.526. The number of aliphatic carboxylic acids is 1. The van der Waals surface area contributed by atoms with Gasteiger partial charge >= 0.3 is 12.1 Å². The number of rotatable bonds is 5. The number of hydrogen-bond acceptors (Lipinski definition) is 3. The van der Waals surface area contributed by atoms with Gasteiger partial charge in [-0.15, -0.1) is 0 Å². The molecule has 0 bridgehead atoms. The molecule has 3 aliphatic rings. The summed E-state index contributed by atoms with van der Waals surface area (Å²) in [6.07, 6.45) is 1.72. The number of anilines is 1. The highest BCUT2D eigenvalue weighted by atomic mass is 19.1. The lowest BCUT2D eigenvalue weighted by atomic mass is 9.68. The van der Waals surface area contributed by atoms with Gasteiger partial charge in [0, 0.05) is 24.4 Å². The summed E-state index contributed by atoms with van der Waals surface area (Å²) in [4.78, 5) is 38.5. The van der Waals surface area contributed by atoms with Crippen LogP contribution in [-0.2, 0) is 9.59 Å². The van der Waals surface area contributed by atoms with Crippen molar-refractivity contribution >= 4 is 23.7 Å². The largest absolute Gasteiger partial charge is 0.481 e. The Hall–Kier alpha value is -2.64. The summed E-state index contributed by atoms with van der Waals surface area (Å²) < 4.78 is 13.9. The molecule has 2 fully saturated rings. The van der Waals surface area contributed by atoms with Gasteiger partial charge in [0.15, 0.2) is 0 Å². The molecule has 2 saturated carbocycles. The number of fused-ring (bicyclic) bond motifs is 2. The van der Waals surface area contributed by atoms with Gasteiger partial charge in [0.05, 0.1) is 18.2 Å². The predicted octanol–water partition coefficient (Wildman–Crippen LogP) is 3.00. The molecular formula is C19H21FN2O5. The zero-order valence-electron chi connectivity index (χ0n) is 14.7. The molecule has 1 heterocycles. The molecule has 1 aromatic carbocycles. The van der Waals surface area contributed by atoms with E-state index in [4.69, 9.17) is 5.11 Å². The van der Waals surface area contributed by atoms with Gasteiger partial charge in [0.1, 0.15) is 5.82 Å². The van der Waals surface area contributed by atoms with Gasteiger partial charge in [-0.05, 0) is 43.4 Å². The third kappa shape index (κ3) is 3.02. The summed E-state index contributed by atoms with van der Waals surface area (Å²) in [6, 6.07) is 3.51. The Kier molecular flexibility index (Phi) is 4.28. The monoisotopic (exact) mass is 376 g/mol. The Morgan fingerprint density at radius 1 is 1.11 bits per heavy atom. The average Bonchev–Trinajstić information content (AvgIpc) is 3.39. The Balaban J connectivity index is 1.74. The standard InChI is InChI=1S/C19H21FN2O5/c20-10-1-4-13-15(9-10)22(19(26)27)14-6-5-12(14)18(13)21(11-2-3-11)16(23)7-8-17(24)25/h1,4,9,11-12,14,18H,2-3,5-8H2,(H,24,25)(H,26,27). The van der Waals surface area contributed by atoms with E-state index in [0.717, 1.165) is 19.3 Å². The van der Waals surface area contributed by atoms with Crippen LogP contribution in [0.25, 0.3) is 0 Å². The van der Waals surface area contributed by atoms with E-state index < -0.39 is 17.9 Å². The van der Waals surface area contributed by atoms with Crippen LogP contribution in [0.3, 0.4) is 0 Å². The average molecular weight is 376 g/mol. The maximum Gasteiger partial charge on any atom is 0.412 e. The highest BCUT2D eigenvalue weighted by Gasteiger charge is 2.53. The fourth-order valence-corrected chi connectivity index (χ4v) is 4.46. The van der Waals surface area contributed by atoms with Gasteiger partial charge in [0.25, 0.3) is 0 Å². The van der Waals surface area contributed by atoms with Crippen molar-refractivity contribution in [2.75, 3.05) is 4.90 Å². The Morgan fingerprint density at radius 3 is 2.41 bits per heavy atom. The molecule has 0 saturated heterocycles. The molecule has 2 aliphatic carbocycles. The third-order valence-electron chi connectivity index (χ3n) is 5.88. The van der Waals surface area contributed by atoms with Crippen molar-refractivity contribution in [3.63, 3.8) is 0 Å². The molecule has 0 aromatic heterocycles. The van der Waals surface area contributed by atoms with E-state index in [1.807, 2.05) is 0 Å². The topological polar surface area (TPSA) is 98.2 Å². The normalized spacial score (nSPS) is 25.8. The Bertz CT molecular complexity index is 809. The molecular weight excluding hydrogens is 355 g/mol. The van der Waals surface area contributed by atoms with E-state index in [1.54, 1.807) is 11.0 Å². The molecule has 2 N–H and O–H groups in total. The second-order valence-corrected chi connectivity index (χ2v) is 7.54. The van der Waals surface area contributed by atoms with E-state index in [0.29, 0.717) is 17.7 Å². The lowest BCUT2D eigenvalue weighted by molar-refractivity contribution is -0.143. The van der Waals surface area contributed by atoms with Crippen LogP contribution >= 0.6 is 0 Å². The number of carbonyl (C=O) groups is 3. The lowest BCUT2D eigenvalue weighted by Crippen LogP contribution is -2.59. The molecule has 3 atom stereocenters. The van der Waals surface area contributed by atoms with Gasteiger partial charge in [-0.1, -0.05) is 6.07 Å². The molecule has 1 aromatic rings. The quantitative estimate of drug-likeness (QED) is 0.823. The maximum atomic E-state index is 13.9. The van der Waals surface area contributed by atoms with Gasteiger partial charge in [-0.25, -0.2) is 9.18 Å². The van der Waals surface area contributed by atoms with Crippen LogP contribution in [0.15, 0.2) is 18.2 Å². The molecule has 144 valence electrons. The first-order valence-electron chi connectivity index (χ1n) is 9.23. The van der Waals surface area contributed by atoms with Crippen LogP contribution < -0.4 is 4.90 Å². The number of hydrogen-bond donors (Lipinski definition) is 2. The third-order valence-corrected chi connectivity index (χ3v) is 5.88. The van der Waals surface area contributed by atoms with E-state index in [2.05, 4.69) is 0 Å². The van der Waals surface area contributed by atoms with Crippen LogP contribution in [0.1, 0.15) is 50.1 Å². The second kappa shape index (κ2) is 6.51. The number of amides is 2. The lowest BCUT2D eigenvalue weighted by Gasteiger charge is -2.54. The number of carbonyl (C=O) groups excluding carboxylic acids is 1. The first-order valence-corrected chi connectivity index (χ1v) is 9.23. The van der Waals surface area contributed by atoms with Crippen molar-refractivity contribution in [3.05, 3.63) is 29.6 Å². The first kappa shape index (κ1) is 17.8. The highest BCUT2D eigenvalue weighted by Crippen LogP contribution is 2.54. The summed E-state index contributed by atoms with van der Waals surface area (Å²) >= 11 is 0. The Labute approximate surface area is 155 Å². The Morgan fingerprint density at radius 2 is 1.85 bits per heavy atom. The number of benzene rings is 1. The molecule has 2 amide bonds. The van der Waals surface area contributed by atoms with Gasteiger partial charge < -0.3 is 15.1 Å². The van der Waals surface area contributed by atoms with Crippen LogP contribution in [0.2, 0.25) is 0 Å². The fourth-order valence-electron chi connectivity index (χ4n) is 4.46. The molecule has 1 aliphatic heterocycles. The number of carboxylic acids is 1. The van der Waals surface area contributed by atoms with Crippen molar-refractivity contribution in [3.8, 4) is 0 Å². The zero-order chi connectivity index (χ0) is 19.3. The minimum Gasteiger partial charge on any atom is -0.481 e. The SMILES string of the molecule is O=C(O)CCC(=O)N(C1CC1)C1c2ccc(F)cc2N(C(=O)O)C2CCC21. The molecule has 0 spiro atoms. The van der Waals surface area contributed by atoms with Crippen molar-refractivity contribution in [2.45, 2.75) is 56.7 Å². The minimum atomic E-state index is -1.12. The number of halogens is 1. The van der Waals surface area contributed by atoms with Crippen molar-refractivity contribution < 1.29 is 29.0 Å². The molecule has 0 radical (unpaired) electrons. The molecule has 27 heavy (non-hydrogen) atoms. The van der Waals surface area contributed by atoms with Crippen molar-refractivity contribution in [1.29, 1.82) is 0 Å². The molecule has 8 heteroatoms. The number of carboxylic acid groups (broad SMARTS) is 2. The van der Waals surface area contributed by atoms with Crippen LogP contribution in [-0.4, -0.2) is 45.2 Å². The number of nitrogens with zero attached hydrogens (tertiary/aromatic N) is 2. The zero-order valence-corrected chi connectivity index (χ0v) is 14.7. The maximum absolute atomic E-state index is 13.9. The predicted molar refractivity (Wildman–Crippen MR) is 92.9 cm³/mol. The van der Waals surface area contributed by atoms with E-state index in [1.165, 1.54) is 17.0 Å². The van der Waals surface area contributed by atoms with Gasteiger partial charge in [0.2, 0.25) is 5.91 Å². The van der Waals surface area contributed by atoms with E-state index in [-0.39, 0.29) is 42.8 Å².